The first kappa shape index (κ1) is 23.0. The third kappa shape index (κ3) is 5.01. The highest BCUT2D eigenvalue weighted by atomic mass is 32.2. The van der Waals surface area contributed by atoms with E-state index in [4.69, 9.17) is 9.73 Å². The summed E-state index contributed by atoms with van der Waals surface area (Å²) in [6, 6.07) is 27.7. The van der Waals surface area contributed by atoms with Crippen molar-refractivity contribution >= 4 is 45.5 Å². The summed E-state index contributed by atoms with van der Waals surface area (Å²) in [6.07, 6.45) is 4.06. The van der Waals surface area contributed by atoms with Crippen LogP contribution in [0.25, 0.3) is 17.0 Å². The number of thioether (sulfide) groups is 1. The van der Waals surface area contributed by atoms with Gasteiger partial charge in [-0.3, -0.25) is 4.79 Å². The Morgan fingerprint density at radius 3 is 2.37 bits per heavy atom. The molecule has 4 aromatic rings. The van der Waals surface area contributed by atoms with Gasteiger partial charge in [0.15, 0.2) is 5.17 Å². The van der Waals surface area contributed by atoms with Gasteiger partial charge >= 0.3 is 0 Å². The van der Waals surface area contributed by atoms with Crippen LogP contribution in [0.4, 0.5) is 5.69 Å². The Bertz CT molecular complexity index is 1390. The van der Waals surface area contributed by atoms with Gasteiger partial charge in [0.05, 0.1) is 17.1 Å². The zero-order valence-electron chi connectivity index (χ0n) is 19.7. The van der Waals surface area contributed by atoms with Crippen molar-refractivity contribution in [3.05, 3.63) is 102 Å². The first-order chi connectivity index (χ1) is 17.1. The number of hydrogen-bond donors (Lipinski definition) is 0. The highest BCUT2D eigenvalue weighted by Crippen LogP contribution is 2.36. The number of para-hydroxylation sites is 3. The second kappa shape index (κ2) is 10.2. The van der Waals surface area contributed by atoms with E-state index >= 15 is 0 Å². The van der Waals surface area contributed by atoms with Gasteiger partial charge in [0, 0.05) is 36.8 Å². The Morgan fingerprint density at radius 1 is 0.943 bits per heavy atom. The summed E-state index contributed by atoms with van der Waals surface area (Å²) < 4.78 is 8.09. The molecule has 35 heavy (non-hydrogen) atoms. The second-order valence-corrected chi connectivity index (χ2v) is 9.27. The molecule has 0 atom stereocenters. The first-order valence-corrected chi connectivity index (χ1v) is 12.2. The Morgan fingerprint density at radius 2 is 1.63 bits per heavy atom. The Labute approximate surface area is 209 Å². The van der Waals surface area contributed by atoms with Crippen LogP contribution in [0.15, 0.2) is 101 Å². The van der Waals surface area contributed by atoms with E-state index in [0.29, 0.717) is 23.2 Å². The molecular weight excluding hydrogens is 456 g/mol. The fourth-order valence-corrected chi connectivity index (χ4v) is 5.04. The van der Waals surface area contributed by atoms with Crippen molar-refractivity contribution in [3.8, 4) is 5.75 Å². The molecule has 0 radical (unpaired) electrons. The molecule has 0 spiro atoms. The van der Waals surface area contributed by atoms with E-state index in [0.717, 1.165) is 27.9 Å². The minimum atomic E-state index is -0.0843. The number of nitrogens with zero attached hydrogens (tertiary/aromatic N) is 4. The topological polar surface area (TPSA) is 50.1 Å². The number of carbonyl (C=O) groups is 1. The molecular formula is C28H26N4O2S. The quantitative estimate of drug-likeness (QED) is 0.312. The number of aromatic nitrogens is 1. The summed E-state index contributed by atoms with van der Waals surface area (Å²) in [5.74, 6) is 0.771. The zero-order chi connectivity index (χ0) is 24.2. The van der Waals surface area contributed by atoms with E-state index in [1.165, 1.54) is 11.8 Å². The number of ether oxygens (including phenoxy) is 1. The lowest BCUT2D eigenvalue weighted by molar-refractivity contribution is -0.130. The fourth-order valence-electron chi connectivity index (χ4n) is 4.00. The van der Waals surface area contributed by atoms with Crippen molar-refractivity contribution in [1.82, 2.24) is 14.6 Å². The molecule has 1 fully saturated rings. The zero-order valence-corrected chi connectivity index (χ0v) is 20.5. The lowest BCUT2D eigenvalue weighted by Crippen LogP contribution is -2.40. The number of aliphatic imine (C=N–C) groups is 1. The maximum atomic E-state index is 13.3. The van der Waals surface area contributed by atoms with Crippen LogP contribution in [0, 0.1) is 0 Å². The number of rotatable bonds is 7. The molecule has 1 amide bonds. The number of carbonyl (C=O) groups excluding carboxylic acids is 1. The van der Waals surface area contributed by atoms with Gasteiger partial charge < -0.3 is 9.30 Å². The van der Waals surface area contributed by atoms with Crippen LogP contribution in [0.5, 0.6) is 5.75 Å². The van der Waals surface area contributed by atoms with Crippen molar-refractivity contribution in [2.24, 2.45) is 4.99 Å². The van der Waals surface area contributed by atoms with Crippen LogP contribution in [0.1, 0.15) is 5.56 Å². The van der Waals surface area contributed by atoms with E-state index < -0.39 is 0 Å². The van der Waals surface area contributed by atoms with Gasteiger partial charge in [0.1, 0.15) is 12.4 Å². The van der Waals surface area contributed by atoms with Gasteiger partial charge in [0.2, 0.25) is 0 Å². The van der Waals surface area contributed by atoms with E-state index in [-0.39, 0.29) is 5.91 Å². The molecule has 1 aliphatic heterocycles. The predicted octanol–water partition coefficient (Wildman–Crippen LogP) is 5.80. The maximum Gasteiger partial charge on any atom is 0.281 e. The van der Waals surface area contributed by atoms with E-state index in [1.807, 2.05) is 93.0 Å². The van der Waals surface area contributed by atoms with Crippen LogP contribution in [0.3, 0.4) is 0 Å². The van der Waals surface area contributed by atoms with Gasteiger partial charge in [-0.2, -0.15) is 0 Å². The van der Waals surface area contributed by atoms with Crippen molar-refractivity contribution in [3.63, 3.8) is 0 Å². The molecule has 6 nitrogen and oxygen atoms in total. The monoisotopic (exact) mass is 482 g/mol. The van der Waals surface area contributed by atoms with Crippen LogP contribution in [0.2, 0.25) is 0 Å². The predicted molar refractivity (Wildman–Crippen MR) is 144 cm³/mol. The normalized spacial score (nSPS) is 16.2. The Kier molecular flexibility index (Phi) is 6.70. The molecule has 0 N–H and O–H groups in total. The van der Waals surface area contributed by atoms with Gasteiger partial charge in [0.25, 0.3) is 5.91 Å². The molecule has 1 aliphatic rings. The molecule has 0 aliphatic carbocycles. The van der Waals surface area contributed by atoms with E-state index in [1.54, 1.807) is 10.0 Å². The SMILES string of the molecule is CN(C)N1C(=O)/C(=C\c2cn(CCOc3ccccc3)c3ccccc23)SC1=Nc1ccccc1. The van der Waals surface area contributed by atoms with E-state index in [9.17, 15) is 4.79 Å². The van der Waals surface area contributed by atoms with Crippen molar-refractivity contribution in [1.29, 1.82) is 0 Å². The lowest BCUT2D eigenvalue weighted by Gasteiger charge is -2.22. The van der Waals surface area contributed by atoms with Gasteiger partial charge in [-0.05, 0) is 48.2 Å². The van der Waals surface area contributed by atoms with Gasteiger partial charge in [-0.25, -0.2) is 15.0 Å². The first-order valence-electron chi connectivity index (χ1n) is 11.4. The van der Waals surface area contributed by atoms with Crippen molar-refractivity contribution in [2.75, 3.05) is 20.7 Å². The number of amidine groups is 1. The fraction of sp³-hybridized carbons (Fsp3) is 0.143. The summed E-state index contributed by atoms with van der Waals surface area (Å²) in [5.41, 5.74) is 2.91. The van der Waals surface area contributed by atoms with Crippen LogP contribution in [-0.4, -0.2) is 46.4 Å². The minimum absolute atomic E-state index is 0.0843. The average molecular weight is 483 g/mol. The molecule has 1 aromatic heterocycles. The summed E-state index contributed by atoms with van der Waals surface area (Å²) >= 11 is 1.39. The molecule has 5 rings (SSSR count). The smallest absolute Gasteiger partial charge is 0.281 e. The largest absolute Gasteiger partial charge is 0.492 e. The van der Waals surface area contributed by atoms with Crippen LogP contribution >= 0.6 is 11.8 Å². The number of fused-ring (bicyclic) bond motifs is 1. The van der Waals surface area contributed by atoms with Gasteiger partial charge in [-0.1, -0.05) is 54.6 Å². The lowest BCUT2D eigenvalue weighted by atomic mass is 10.1. The molecule has 1 saturated heterocycles. The van der Waals surface area contributed by atoms with Crippen LogP contribution in [-0.2, 0) is 11.3 Å². The number of hydrogen-bond acceptors (Lipinski definition) is 5. The third-order valence-corrected chi connectivity index (χ3v) is 6.58. The summed E-state index contributed by atoms with van der Waals surface area (Å²) in [7, 11) is 3.70. The van der Waals surface area contributed by atoms with Gasteiger partial charge in [-0.15, -0.1) is 0 Å². The molecule has 0 bridgehead atoms. The number of hydrazine groups is 1. The highest BCUT2D eigenvalue weighted by molar-refractivity contribution is 8.18. The minimum Gasteiger partial charge on any atom is -0.492 e. The Hall–Kier alpha value is -3.81. The summed E-state index contributed by atoms with van der Waals surface area (Å²) in [6.45, 7) is 1.25. The van der Waals surface area contributed by atoms with Crippen molar-refractivity contribution < 1.29 is 9.53 Å². The average Bonchev–Trinajstić information content (AvgIpc) is 3.37. The third-order valence-electron chi connectivity index (χ3n) is 5.62. The molecule has 3 aromatic carbocycles. The van der Waals surface area contributed by atoms with Crippen LogP contribution < -0.4 is 4.74 Å². The maximum absolute atomic E-state index is 13.3. The number of benzene rings is 3. The van der Waals surface area contributed by atoms with Crippen molar-refractivity contribution in [2.45, 2.75) is 6.54 Å². The number of amides is 1. The molecule has 0 saturated carbocycles. The molecule has 0 unspecified atom stereocenters. The summed E-state index contributed by atoms with van der Waals surface area (Å²) in [4.78, 5) is 18.7. The molecule has 176 valence electrons. The highest BCUT2D eigenvalue weighted by Gasteiger charge is 2.35. The molecule has 2 heterocycles. The summed E-state index contributed by atoms with van der Waals surface area (Å²) in [5, 5.41) is 5.11. The van der Waals surface area contributed by atoms with E-state index in [2.05, 4.69) is 22.9 Å². The molecule has 7 heteroatoms. The standard InChI is InChI=1S/C28H26N4O2S/c1-30(2)32-27(33)26(35-28(32)29-22-11-5-3-6-12-22)19-21-20-31(25-16-10-9-15-24(21)25)17-18-34-23-13-7-4-8-14-23/h3-16,19-20H,17-18H2,1-2H3/b26-19+,29-28?. The second-order valence-electron chi connectivity index (χ2n) is 8.26. The Balaban J connectivity index is 1.44.